The summed E-state index contributed by atoms with van der Waals surface area (Å²) in [5.41, 5.74) is 4.44. The molecule has 0 bridgehead atoms. The minimum absolute atomic E-state index is 0.0789. The third kappa shape index (κ3) is 4.97. The van der Waals surface area contributed by atoms with Gasteiger partial charge in [-0.25, -0.2) is 0 Å². The van der Waals surface area contributed by atoms with Gasteiger partial charge in [0.1, 0.15) is 11.8 Å². The van der Waals surface area contributed by atoms with Crippen LogP contribution in [0.5, 0.6) is 5.75 Å². The molecule has 2 atom stereocenters. The zero-order chi connectivity index (χ0) is 25.9. The van der Waals surface area contributed by atoms with Crippen molar-refractivity contribution in [3.63, 3.8) is 0 Å². The Kier molecular flexibility index (Phi) is 7.25. The number of nitrogens with zero attached hydrogens (tertiary/aromatic N) is 3. The molecule has 0 saturated carbocycles. The summed E-state index contributed by atoms with van der Waals surface area (Å²) in [7, 11) is 1.59. The largest absolute Gasteiger partial charge is 0.494 e. The van der Waals surface area contributed by atoms with E-state index in [0.717, 1.165) is 27.2 Å². The molecular weight excluding hydrogens is 550 g/mol. The van der Waals surface area contributed by atoms with Crippen LogP contribution in [0.2, 0.25) is 0 Å². The zero-order valence-corrected chi connectivity index (χ0v) is 22.8. The highest BCUT2D eigenvalue weighted by Gasteiger charge is 2.42. The Hall–Kier alpha value is -3.69. The van der Waals surface area contributed by atoms with Crippen LogP contribution in [-0.2, 0) is 4.79 Å². The number of thiocarbonyl (C=S) groups is 1. The number of carbonyl (C=O) groups excluding carboxylic acids is 1. The molecule has 37 heavy (non-hydrogen) atoms. The summed E-state index contributed by atoms with van der Waals surface area (Å²) in [6, 6.07) is 23.5. The molecule has 5 rings (SSSR count). The van der Waals surface area contributed by atoms with E-state index in [-0.39, 0.29) is 18.0 Å². The van der Waals surface area contributed by atoms with Crippen molar-refractivity contribution >= 4 is 50.5 Å². The highest BCUT2D eigenvalue weighted by Crippen LogP contribution is 2.44. The number of methoxy groups -OCH3 is 1. The highest BCUT2D eigenvalue weighted by atomic mass is 79.9. The molecule has 4 aromatic rings. The summed E-state index contributed by atoms with van der Waals surface area (Å²) in [5.74, 6) is 0.482. The Morgan fingerprint density at radius 2 is 1.89 bits per heavy atom. The SMILES string of the molecule is CCC(=O)Nc1ccc(N2C(=S)N[C@H](c3ccccn3)[C@H]2c2cccn2-c2ccc(Br)cc2)cc1OC. The van der Waals surface area contributed by atoms with E-state index in [4.69, 9.17) is 17.0 Å². The van der Waals surface area contributed by atoms with E-state index in [2.05, 4.69) is 65.4 Å². The van der Waals surface area contributed by atoms with Crippen LogP contribution >= 0.6 is 28.1 Å². The maximum Gasteiger partial charge on any atom is 0.224 e. The predicted molar refractivity (Wildman–Crippen MR) is 153 cm³/mol. The molecule has 0 spiro atoms. The predicted octanol–water partition coefficient (Wildman–Crippen LogP) is 6.17. The van der Waals surface area contributed by atoms with Crippen molar-refractivity contribution in [2.45, 2.75) is 25.4 Å². The average molecular weight is 577 g/mol. The number of anilines is 2. The monoisotopic (exact) mass is 575 g/mol. The van der Waals surface area contributed by atoms with Gasteiger partial charge in [0.05, 0.1) is 24.5 Å². The smallest absolute Gasteiger partial charge is 0.224 e. The molecule has 1 saturated heterocycles. The van der Waals surface area contributed by atoms with Gasteiger partial charge < -0.3 is 24.8 Å². The van der Waals surface area contributed by atoms with Gasteiger partial charge in [0.25, 0.3) is 0 Å². The molecule has 9 heteroatoms. The lowest BCUT2D eigenvalue weighted by atomic mass is 10.0. The number of rotatable bonds is 7. The second-order valence-corrected chi connectivity index (χ2v) is 9.86. The van der Waals surface area contributed by atoms with Crippen molar-refractivity contribution in [2.24, 2.45) is 0 Å². The van der Waals surface area contributed by atoms with Gasteiger partial charge in [-0.05, 0) is 72.9 Å². The number of amides is 1. The van der Waals surface area contributed by atoms with Gasteiger partial charge in [-0.2, -0.15) is 0 Å². The number of hydrogen-bond acceptors (Lipinski definition) is 4. The molecule has 1 fully saturated rings. The van der Waals surface area contributed by atoms with Crippen LogP contribution in [0.25, 0.3) is 5.69 Å². The number of hydrogen-bond donors (Lipinski definition) is 2. The molecule has 1 aliphatic rings. The Morgan fingerprint density at radius 1 is 1.11 bits per heavy atom. The van der Waals surface area contributed by atoms with Gasteiger partial charge in [-0.15, -0.1) is 0 Å². The zero-order valence-electron chi connectivity index (χ0n) is 20.4. The van der Waals surface area contributed by atoms with Gasteiger partial charge in [-0.1, -0.05) is 28.9 Å². The number of pyridine rings is 1. The maximum atomic E-state index is 12.0. The Bertz CT molecular complexity index is 1420. The molecule has 0 unspecified atom stereocenters. The molecule has 2 aromatic carbocycles. The van der Waals surface area contributed by atoms with Gasteiger partial charge in [0.15, 0.2) is 5.11 Å². The van der Waals surface area contributed by atoms with Crippen molar-refractivity contribution in [2.75, 3.05) is 17.3 Å². The van der Waals surface area contributed by atoms with E-state index in [0.29, 0.717) is 23.0 Å². The number of ether oxygens (including phenoxy) is 1. The van der Waals surface area contributed by atoms with E-state index in [1.807, 2.05) is 61.5 Å². The molecule has 3 heterocycles. The summed E-state index contributed by atoms with van der Waals surface area (Å²) >= 11 is 9.42. The fraction of sp³-hybridized carbons (Fsp3) is 0.179. The second-order valence-electron chi connectivity index (χ2n) is 8.56. The molecule has 0 aliphatic carbocycles. The first-order chi connectivity index (χ1) is 18.0. The standard InChI is InChI=1S/C28H26BrN5O2S/c1-3-25(35)31-21-14-13-20(17-24(21)36-2)34-27(26(32-28(34)37)22-7-4-5-15-30-22)23-8-6-16-33(23)19-11-9-18(29)10-12-19/h4-17,26-27H,3H2,1-2H3,(H,31,35)(H,32,37)/t26-,27-/m1/s1. The number of benzene rings is 2. The lowest BCUT2D eigenvalue weighted by molar-refractivity contribution is -0.115. The van der Waals surface area contributed by atoms with Crippen LogP contribution in [0.4, 0.5) is 11.4 Å². The topological polar surface area (TPSA) is 71.4 Å². The van der Waals surface area contributed by atoms with Crippen molar-refractivity contribution in [1.82, 2.24) is 14.9 Å². The Balaban J connectivity index is 1.62. The Morgan fingerprint density at radius 3 is 2.59 bits per heavy atom. The van der Waals surface area contributed by atoms with Gasteiger partial charge in [0, 0.05) is 46.4 Å². The minimum atomic E-state index is -0.207. The van der Waals surface area contributed by atoms with Crippen molar-refractivity contribution in [3.8, 4) is 11.4 Å². The van der Waals surface area contributed by atoms with Crippen LogP contribution in [-0.4, -0.2) is 27.7 Å². The molecule has 2 aromatic heterocycles. The van der Waals surface area contributed by atoms with Crippen LogP contribution < -0.4 is 20.3 Å². The molecule has 188 valence electrons. The quantitative estimate of drug-likeness (QED) is 0.257. The molecule has 7 nitrogen and oxygen atoms in total. The molecule has 0 radical (unpaired) electrons. The van der Waals surface area contributed by atoms with Crippen LogP contribution in [0.3, 0.4) is 0 Å². The Labute approximate surface area is 229 Å². The molecule has 1 aliphatic heterocycles. The minimum Gasteiger partial charge on any atom is -0.494 e. The fourth-order valence-corrected chi connectivity index (χ4v) is 5.19. The lowest BCUT2D eigenvalue weighted by Gasteiger charge is -2.29. The van der Waals surface area contributed by atoms with Crippen molar-refractivity contribution in [1.29, 1.82) is 0 Å². The van der Waals surface area contributed by atoms with E-state index >= 15 is 0 Å². The first kappa shape index (κ1) is 25.0. The van der Waals surface area contributed by atoms with Gasteiger partial charge in [0.2, 0.25) is 5.91 Å². The number of carbonyl (C=O) groups is 1. The highest BCUT2D eigenvalue weighted by molar-refractivity contribution is 9.10. The normalized spacial score (nSPS) is 16.9. The first-order valence-corrected chi connectivity index (χ1v) is 13.1. The van der Waals surface area contributed by atoms with Crippen molar-refractivity contribution in [3.05, 3.63) is 101 Å². The maximum absolute atomic E-state index is 12.0. The average Bonchev–Trinajstić information content (AvgIpc) is 3.54. The van der Waals surface area contributed by atoms with E-state index in [1.54, 1.807) is 13.3 Å². The fourth-order valence-electron chi connectivity index (χ4n) is 4.58. The van der Waals surface area contributed by atoms with Crippen LogP contribution in [0.15, 0.2) is 89.7 Å². The summed E-state index contributed by atoms with van der Waals surface area (Å²) in [4.78, 5) is 18.8. The van der Waals surface area contributed by atoms with Gasteiger partial charge in [-0.3, -0.25) is 9.78 Å². The first-order valence-electron chi connectivity index (χ1n) is 11.9. The third-order valence-corrected chi connectivity index (χ3v) is 7.19. The van der Waals surface area contributed by atoms with Crippen LogP contribution in [0, 0.1) is 0 Å². The number of halogens is 1. The van der Waals surface area contributed by atoms with E-state index in [1.165, 1.54) is 0 Å². The van der Waals surface area contributed by atoms with Crippen LogP contribution in [0.1, 0.15) is 36.8 Å². The number of aromatic nitrogens is 2. The van der Waals surface area contributed by atoms with E-state index < -0.39 is 0 Å². The molecular formula is C28H26BrN5O2S. The molecule has 1 amide bonds. The molecule has 2 N–H and O–H groups in total. The summed E-state index contributed by atoms with van der Waals surface area (Å²) in [5, 5.41) is 6.98. The lowest BCUT2D eigenvalue weighted by Crippen LogP contribution is -2.30. The summed E-state index contributed by atoms with van der Waals surface area (Å²) < 4.78 is 8.83. The van der Waals surface area contributed by atoms with Crippen molar-refractivity contribution < 1.29 is 9.53 Å². The van der Waals surface area contributed by atoms with Gasteiger partial charge >= 0.3 is 0 Å². The number of nitrogens with one attached hydrogen (secondary N) is 2. The van der Waals surface area contributed by atoms with E-state index in [9.17, 15) is 4.79 Å². The summed E-state index contributed by atoms with van der Waals surface area (Å²) in [6.07, 6.45) is 4.23. The second kappa shape index (κ2) is 10.7. The summed E-state index contributed by atoms with van der Waals surface area (Å²) in [6.45, 7) is 1.81. The third-order valence-electron chi connectivity index (χ3n) is 6.34.